The first kappa shape index (κ1) is 19.9. The van der Waals surface area contributed by atoms with E-state index in [9.17, 15) is 4.79 Å². The Labute approximate surface area is 166 Å². The van der Waals surface area contributed by atoms with Crippen molar-refractivity contribution in [1.82, 2.24) is 5.32 Å². The van der Waals surface area contributed by atoms with E-state index in [0.717, 1.165) is 19.3 Å². The molecule has 0 saturated heterocycles. The smallest absolute Gasteiger partial charge is 0.292 e. The van der Waals surface area contributed by atoms with Crippen molar-refractivity contribution in [2.75, 3.05) is 13.7 Å². The van der Waals surface area contributed by atoms with E-state index in [1.54, 1.807) is 31.4 Å². The Hall–Kier alpha value is -2.82. The average molecular weight is 380 g/mol. The lowest BCUT2D eigenvalue weighted by molar-refractivity contribution is 0.0962. The predicted molar refractivity (Wildman–Crippen MR) is 111 cm³/mol. The van der Waals surface area contributed by atoms with E-state index in [2.05, 4.69) is 37.4 Å². The summed E-state index contributed by atoms with van der Waals surface area (Å²) in [5.41, 5.74) is 3.05. The number of rotatable bonds is 5. The Morgan fingerprint density at radius 1 is 1.21 bits per heavy atom. The first-order valence-electron chi connectivity index (χ1n) is 9.80. The summed E-state index contributed by atoms with van der Waals surface area (Å²) in [6, 6.07) is 15.7. The van der Waals surface area contributed by atoms with Crippen molar-refractivity contribution >= 4 is 11.9 Å². The summed E-state index contributed by atoms with van der Waals surface area (Å²) in [5, 5.41) is 2.85. The van der Waals surface area contributed by atoms with E-state index in [1.165, 1.54) is 11.1 Å². The number of hydrogen-bond acceptors (Lipinski definition) is 4. The van der Waals surface area contributed by atoms with Gasteiger partial charge in [0.15, 0.2) is 0 Å². The normalized spacial score (nSPS) is 16.4. The molecule has 28 heavy (non-hydrogen) atoms. The lowest BCUT2D eigenvalue weighted by atomic mass is 9.88. The van der Waals surface area contributed by atoms with Crippen molar-refractivity contribution < 1.29 is 14.3 Å². The summed E-state index contributed by atoms with van der Waals surface area (Å²) < 4.78 is 11.1. The summed E-state index contributed by atoms with van der Waals surface area (Å²) in [6.07, 6.45) is 3.09. The fourth-order valence-corrected chi connectivity index (χ4v) is 3.29. The Balaban J connectivity index is 1.83. The molecular weight excluding hydrogens is 352 g/mol. The van der Waals surface area contributed by atoms with Crippen LogP contribution >= 0.6 is 0 Å². The minimum Gasteiger partial charge on any atom is -0.497 e. The molecule has 0 heterocycles. The number of aryl methyl sites for hydroxylation is 1. The highest BCUT2D eigenvalue weighted by molar-refractivity contribution is 6.04. The van der Waals surface area contributed by atoms with Crippen molar-refractivity contribution in [3.8, 4) is 5.75 Å². The first-order valence-corrected chi connectivity index (χ1v) is 9.80. The van der Waals surface area contributed by atoms with Crippen LogP contribution in [0, 0.1) is 5.92 Å². The maximum Gasteiger partial charge on any atom is 0.292 e. The molecular formula is C23H28N2O3. The zero-order valence-corrected chi connectivity index (χ0v) is 16.8. The highest BCUT2D eigenvalue weighted by Gasteiger charge is 2.21. The van der Waals surface area contributed by atoms with Crippen molar-refractivity contribution in [1.29, 1.82) is 0 Å². The van der Waals surface area contributed by atoms with E-state index in [1.807, 2.05) is 6.07 Å². The number of aliphatic imine (C=N–C) groups is 1. The van der Waals surface area contributed by atoms with Crippen molar-refractivity contribution in [2.45, 2.75) is 39.2 Å². The first-order chi connectivity index (χ1) is 13.6. The molecule has 0 saturated carbocycles. The predicted octanol–water partition coefficient (Wildman–Crippen LogP) is 4.53. The van der Waals surface area contributed by atoms with E-state index in [-0.39, 0.29) is 18.0 Å². The fourth-order valence-electron chi connectivity index (χ4n) is 3.29. The molecule has 1 N–H and O–H groups in total. The minimum absolute atomic E-state index is 0.00211. The SMILES string of the molecule is COc1cccc(C(=O)NC(=N[C@@H]2CCCc3ccccc32)OCC(C)C)c1. The van der Waals surface area contributed by atoms with Gasteiger partial charge in [0.2, 0.25) is 0 Å². The van der Waals surface area contributed by atoms with Gasteiger partial charge in [-0.25, -0.2) is 4.99 Å². The molecule has 148 valence electrons. The Morgan fingerprint density at radius 2 is 2.04 bits per heavy atom. The number of fused-ring (bicyclic) bond motifs is 1. The Morgan fingerprint density at radius 3 is 2.82 bits per heavy atom. The number of amides is 1. The number of methoxy groups -OCH3 is 1. The number of hydrogen-bond donors (Lipinski definition) is 1. The van der Waals surface area contributed by atoms with E-state index < -0.39 is 0 Å². The third-order valence-corrected chi connectivity index (χ3v) is 4.72. The number of carbonyl (C=O) groups is 1. The van der Waals surface area contributed by atoms with E-state index in [0.29, 0.717) is 23.8 Å². The molecule has 3 rings (SSSR count). The van der Waals surface area contributed by atoms with Gasteiger partial charge in [-0.1, -0.05) is 44.2 Å². The maximum absolute atomic E-state index is 12.7. The molecule has 2 aromatic rings. The monoisotopic (exact) mass is 380 g/mol. The molecule has 0 aromatic heterocycles. The molecule has 0 spiro atoms. The van der Waals surface area contributed by atoms with Crippen molar-refractivity contribution in [2.24, 2.45) is 10.9 Å². The summed E-state index contributed by atoms with van der Waals surface area (Å²) in [6.45, 7) is 4.63. The van der Waals surface area contributed by atoms with Crippen LogP contribution in [0.4, 0.5) is 0 Å². The number of nitrogens with zero attached hydrogens (tertiary/aromatic N) is 1. The molecule has 0 aliphatic heterocycles. The zero-order chi connectivity index (χ0) is 19.9. The van der Waals surface area contributed by atoms with Gasteiger partial charge < -0.3 is 9.47 Å². The van der Waals surface area contributed by atoms with Gasteiger partial charge in [0.1, 0.15) is 5.75 Å². The molecule has 0 unspecified atom stereocenters. The van der Waals surface area contributed by atoms with Gasteiger partial charge in [0.05, 0.1) is 19.8 Å². The van der Waals surface area contributed by atoms with Gasteiger partial charge in [0.25, 0.3) is 11.9 Å². The van der Waals surface area contributed by atoms with Gasteiger partial charge in [-0.3, -0.25) is 10.1 Å². The fraction of sp³-hybridized carbons (Fsp3) is 0.391. The Kier molecular flexibility index (Phi) is 6.69. The minimum atomic E-state index is -0.259. The van der Waals surface area contributed by atoms with Crippen LogP contribution in [0.15, 0.2) is 53.5 Å². The summed E-state index contributed by atoms with van der Waals surface area (Å²) in [4.78, 5) is 17.5. The van der Waals surface area contributed by atoms with Gasteiger partial charge >= 0.3 is 0 Å². The molecule has 1 atom stereocenters. The summed E-state index contributed by atoms with van der Waals surface area (Å²) >= 11 is 0. The van der Waals surface area contributed by atoms with Crippen LogP contribution in [0.2, 0.25) is 0 Å². The van der Waals surface area contributed by atoms with Crippen LogP contribution in [-0.2, 0) is 11.2 Å². The highest BCUT2D eigenvalue weighted by atomic mass is 16.5. The topological polar surface area (TPSA) is 59.9 Å². The number of ether oxygens (including phenoxy) is 2. The van der Waals surface area contributed by atoms with Crippen LogP contribution in [0.25, 0.3) is 0 Å². The molecule has 1 aliphatic rings. The molecule has 1 aliphatic carbocycles. The molecule has 2 aromatic carbocycles. The second-order valence-electron chi connectivity index (χ2n) is 7.43. The molecule has 0 radical (unpaired) electrons. The van der Waals surface area contributed by atoms with E-state index in [4.69, 9.17) is 14.5 Å². The van der Waals surface area contributed by atoms with Crippen LogP contribution < -0.4 is 10.1 Å². The second-order valence-corrected chi connectivity index (χ2v) is 7.43. The second kappa shape index (κ2) is 9.40. The molecule has 0 fully saturated rings. The van der Waals surface area contributed by atoms with Crippen LogP contribution in [0.1, 0.15) is 54.2 Å². The summed E-state index contributed by atoms with van der Waals surface area (Å²) in [5.74, 6) is 0.707. The third-order valence-electron chi connectivity index (χ3n) is 4.72. The van der Waals surface area contributed by atoms with Crippen LogP contribution in [0.5, 0.6) is 5.75 Å². The van der Waals surface area contributed by atoms with Gasteiger partial charge in [-0.15, -0.1) is 0 Å². The van der Waals surface area contributed by atoms with Crippen LogP contribution in [-0.4, -0.2) is 25.6 Å². The van der Waals surface area contributed by atoms with Gasteiger partial charge in [0, 0.05) is 5.56 Å². The lowest BCUT2D eigenvalue weighted by Gasteiger charge is -2.23. The molecule has 5 heteroatoms. The third kappa shape index (κ3) is 5.12. The number of carbonyl (C=O) groups excluding carboxylic acids is 1. The van der Waals surface area contributed by atoms with Gasteiger partial charge in [-0.05, 0) is 54.5 Å². The largest absolute Gasteiger partial charge is 0.497 e. The number of amidine groups is 1. The molecule has 1 amide bonds. The molecule has 5 nitrogen and oxygen atoms in total. The summed E-state index contributed by atoms with van der Waals surface area (Å²) in [7, 11) is 1.58. The van der Waals surface area contributed by atoms with Crippen LogP contribution in [0.3, 0.4) is 0 Å². The highest BCUT2D eigenvalue weighted by Crippen LogP contribution is 2.32. The van der Waals surface area contributed by atoms with Crippen molar-refractivity contribution in [3.05, 3.63) is 65.2 Å². The lowest BCUT2D eigenvalue weighted by Crippen LogP contribution is -2.34. The van der Waals surface area contributed by atoms with Crippen molar-refractivity contribution in [3.63, 3.8) is 0 Å². The quantitative estimate of drug-likeness (QED) is 0.612. The van der Waals surface area contributed by atoms with Gasteiger partial charge in [-0.2, -0.15) is 0 Å². The molecule has 0 bridgehead atoms. The zero-order valence-electron chi connectivity index (χ0n) is 16.8. The Bertz CT molecular complexity index is 845. The maximum atomic E-state index is 12.7. The average Bonchev–Trinajstić information content (AvgIpc) is 2.72. The number of benzene rings is 2. The van der Waals surface area contributed by atoms with E-state index >= 15 is 0 Å². The standard InChI is InChI=1S/C23H28N2O3/c1-16(2)15-28-23(25-22(26)18-10-6-11-19(14-18)27-3)24-21-13-7-9-17-8-4-5-12-20(17)21/h4-6,8,10-12,14,16,21H,7,9,13,15H2,1-3H3,(H,24,25,26)/t21-/m1/s1. The number of nitrogens with one attached hydrogen (secondary N) is 1.